The van der Waals surface area contributed by atoms with Crippen LogP contribution in [-0.4, -0.2) is 37.9 Å². The summed E-state index contributed by atoms with van der Waals surface area (Å²) < 4.78 is 17.5. The van der Waals surface area contributed by atoms with Gasteiger partial charge in [-0.3, -0.25) is 9.59 Å². The minimum Gasteiger partial charge on any atom is -0.462 e. The van der Waals surface area contributed by atoms with Crippen molar-refractivity contribution in [3.8, 4) is 0 Å². The largest absolute Gasteiger partial charge is 0.462 e. The molecule has 5 heteroatoms. The molecule has 1 unspecified atom stereocenters. The summed E-state index contributed by atoms with van der Waals surface area (Å²) in [5.74, 6) is -0.425. The first-order valence-electron chi connectivity index (χ1n) is 29.8. The zero-order valence-electron chi connectivity index (χ0n) is 46.3. The molecule has 1 atom stereocenters. The van der Waals surface area contributed by atoms with Gasteiger partial charge in [-0.2, -0.15) is 0 Å². The minimum atomic E-state index is -0.558. The van der Waals surface area contributed by atoms with Crippen molar-refractivity contribution in [1.82, 2.24) is 0 Å². The maximum Gasteiger partial charge on any atom is 0.306 e. The fourth-order valence-electron chi connectivity index (χ4n) is 8.15. The summed E-state index contributed by atoms with van der Waals surface area (Å²) in [4.78, 5) is 25.6. The second-order valence-corrected chi connectivity index (χ2v) is 19.5. The van der Waals surface area contributed by atoms with Crippen LogP contribution in [0.15, 0.2) is 97.2 Å². The molecule has 0 bridgehead atoms. The van der Waals surface area contributed by atoms with Gasteiger partial charge in [-0.05, 0) is 122 Å². The molecule has 0 aliphatic heterocycles. The fraction of sp³-hybridized carbons (Fsp3) is 0.723. The highest BCUT2D eigenvalue weighted by Gasteiger charge is 2.17. The minimum absolute atomic E-state index is 0.0665. The zero-order chi connectivity index (χ0) is 50.6. The Hall–Kier alpha value is -3.18. The third-order valence-electron chi connectivity index (χ3n) is 12.6. The molecule has 70 heavy (non-hydrogen) atoms. The quantitative estimate of drug-likeness (QED) is 0.0345. The number of hydrogen-bond donors (Lipinski definition) is 0. The zero-order valence-corrected chi connectivity index (χ0v) is 46.3. The van der Waals surface area contributed by atoms with Crippen molar-refractivity contribution in [2.75, 3.05) is 19.8 Å². The Morgan fingerprint density at radius 2 is 0.643 bits per heavy atom. The van der Waals surface area contributed by atoms with Gasteiger partial charge < -0.3 is 14.2 Å². The van der Waals surface area contributed by atoms with Crippen LogP contribution in [0, 0.1) is 0 Å². The van der Waals surface area contributed by atoms with Crippen molar-refractivity contribution in [2.45, 2.75) is 284 Å². The molecule has 402 valence electrons. The van der Waals surface area contributed by atoms with Gasteiger partial charge in [0, 0.05) is 19.4 Å². The molecule has 0 N–H and O–H groups in total. The molecule has 0 aliphatic rings. The summed E-state index contributed by atoms with van der Waals surface area (Å²) in [5.41, 5.74) is 0. The molecular weight excluding hydrogens is 861 g/mol. The van der Waals surface area contributed by atoms with E-state index in [0.717, 1.165) is 103 Å². The average Bonchev–Trinajstić information content (AvgIpc) is 3.36. The number of ether oxygens (including phenoxy) is 3. The number of hydrogen-bond acceptors (Lipinski definition) is 5. The lowest BCUT2D eigenvalue weighted by Gasteiger charge is -2.18. The summed E-state index contributed by atoms with van der Waals surface area (Å²) >= 11 is 0. The number of esters is 2. The highest BCUT2D eigenvalue weighted by Crippen LogP contribution is 2.14. The Bertz CT molecular complexity index is 1330. The highest BCUT2D eigenvalue weighted by atomic mass is 16.6. The third kappa shape index (κ3) is 57.4. The molecule has 0 rings (SSSR count). The van der Waals surface area contributed by atoms with E-state index in [-0.39, 0.29) is 25.2 Å². The van der Waals surface area contributed by atoms with Gasteiger partial charge in [0.15, 0.2) is 6.10 Å². The first-order chi connectivity index (χ1) is 34.6. The number of allylic oxidation sites excluding steroid dienone is 16. The van der Waals surface area contributed by atoms with Gasteiger partial charge in [0.2, 0.25) is 0 Å². The molecule has 0 aromatic rings. The van der Waals surface area contributed by atoms with Gasteiger partial charge in [0.25, 0.3) is 0 Å². The van der Waals surface area contributed by atoms with Crippen LogP contribution in [0.25, 0.3) is 0 Å². The molecule has 0 fully saturated rings. The van der Waals surface area contributed by atoms with Crippen molar-refractivity contribution in [3.63, 3.8) is 0 Å². The normalized spacial score (nSPS) is 12.9. The predicted molar refractivity (Wildman–Crippen MR) is 306 cm³/mol. The Labute approximate surface area is 434 Å². The van der Waals surface area contributed by atoms with Crippen LogP contribution in [-0.2, 0) is 23.8 Å². The SMILES string of the molecule is CC/C=C\C/C=C\C/C=C\C/C=C\CCCCCCCCC(=O)OCC(COCCCCCCCCC/C=C\C/C=C\C/C=C\CCCCC)OC(=O)CCCCCCC/C=C\CCCCCCCC. The summed E-state index contributed by atoms with van der Waals surface area (Å²) in [5, 5.41) is 0. The Kier molecular flexibility index (Phi) is 57.4. The first kappa shape index (κ1) is 66.8. The summed E-state index contributed by atoms with van der Waals surface area (Å²) in [6, 6.07) is 0. The Morgan fingerprint density at radius 3 is 1.07 bits per heavy atom. The topological polar surface area (TPSA) is 61.8 Å². The number of carbonyl (C=O) groups excluding carboxylic acids is 2. The van der Waals surface area contributed by atoms with Crippen LogP contribution in [0.5, 0.6) is 0 Å². The van der Waals surface area contributed by atoms with E-state index >= 15 is 0 Å². The molecule has 0 saturated heterocycles. The van der Waals surface area contributed by atoms with Crippen LogP contribution in [0.1, 0.15) is 278 Å². The highest BCUT2D eigenvalue weighted by molar-refractivity contribution is 5.70. The third-order valence-corrected chi connectivity index (χ3v) is 12.6. The molecule has 0 heterocycles. The van der Waals surface area contributed by atoms with Crippen molar-refractivity contribution < 1.29 is 23.8 Å². The molecule has 0 radical (unpaired) electrons. The summed E-state index contributed by atoms with van der Waals surface area (Å²) in [6.07, 6.45) is 81.4. The van der Waals surface area contributed by atoms with Crippen LogP contribution < -0.4 is 0 Å². The maximum atomic E-state index is 12.9. The van der Waals surface area contributed by atoms with Crippen LogP contribution in [0.3, 0.4) is 0 Å². The standard InChI is InChI=1S/C65H112O5/c1-4-7-10-13-16-19-22-25-28-30-32-34-36-39-42-45-48-51-54-57-60-68-61-63(70-65(67)59-56-53-50-47-44-41-37-27-24-21-18-15-12-9-6-3)62-69-64(66)58-55-52-49-46-43-40-38-35-33-31-29-26-23-20-17-14-11-8-5-2/h8,11,16-17,19-20,25-29,32-35,37,63H,4-7,9-10,12-15,18,21-24,30-31,36,38-62H2,1-3H3/b11-8-,19-16-,20-17-,28-25-,29-26-,34-32-,35-33-,37-27-. The van der Waals surface area contributed by atoms with E-state index in [9.17, 15) is 9.59 Å². The first-order valence-corrected chi connectivity index (χ1v) is 29.8. The van der Waals surface area contributed by atoms with Gasteiger partial charge in [0.05, 0.1) is 6.61 Å². The van der Waals surface area contributed by atoms with Gasteiger partial charge >= 0.3 is 11.9 Å². The van der Waals surface area contributed by atoms with E-state index in [1.54, 1.807) is 0 Å². The Morgan fingerprint density at radius 1 is 0.329 bits per heavy atom. The molecule has 0 saturated carbocycles. The second kappa shape index (κ2) is 60.1. The molecule has 0 aromatic heterocycles. The maximum absolute atomic E-state index is 12.9. The van der Waals surface area contributed by atoms with E-state index in [2.05, 4.69) is 118 Å². The van der Waals surface area contributed by atoms with Crippen LogP contribution >= 0.6 is 0 Å². The van der Waals surface area contributed by atoms with Gasteiger partial charge in [0.1, 0.15) is 6.61 Å². The van der Waals surface area contributed by atoms with Crippen molar-refractivity contribution in [3.05, 3.63) is 97.2 Å². The van der Waals surface area contributed by atoms with Crippen molar-refractivity contribution in [1.29, 1.82) is 0 Å². The van der Waals surface area contributed by atoms with E-state index in [4.69, 9.17) is 14.2 Å². The lowest BCUT2D eigenvalue weighted by Crippen LogP contribution is -2.30. The van der Waals surface area contributed by atoms with E-state index in [1.165, 1.54) is 141 Å². The fourth-order valence-corrected chi connectivity index (χ4v) is 8.15. The van der Waals surface area contributed by atoms with E-state index in [0.29, 0.717) is 19.4 Å². The van der Waals surface area contributed by atoms with E-state index < -0.39 is 6.10 Å². The van der Waals surface area contributed by atoms with Gasteiger partial charge in [-0.25, -0.2) is 0 Å². The molecule has 0 spiro atoms. The number of rotatable bonds is 54. The Balaban J connectivity index is 4.34. The summed E-state index contributed by atoms with van der Waals surface area (Å²) in [6.45, 7) is 7.66. The van der Waals surface area contributed by atoms with Crippen LogP contribution in [0.4, 0.5) is 0 Å². The molecule has 5 nitrogen and oxygen atoms in total. The van der Waals surface area contributed by atoms with Crippen molar-refractivity contribution >= 4 is 11.9 Å². The van der Waals surface area contributed by atoms with Crippen LogP contribution in [0.2, 0.25) is 0 Å². The molecule has 0 aromatic carbocycles. The lowest BCUT2D eigenvalue weighted by molar-refractivity contribution is -0.163. The lowest BCUT2D eigenvalue weighted by atomic mass is 10.1. The monoisotopic (exact) mass is 973 g/mol. The number of carbonyl (C=O) groups is 2. The van der Waals surface area contributed by atoms with Gasteiger partial charge in [-0.15, -0.1) is 0 Å². The smallest absolute Gasteiger partial charge is 0.306 e. The summed E-state index contributed by atoms with van der Waals surface area (Å²) in [7, 11) is 0. The van der Waals surface area contributed by atoms with Gasteiger partial charge in [-0.1, -0.05) is 240 Å². The van der Waals surface area contributed by atoms with E-state index in [1.807, 2.05) is 0 Å². The number of unbranched alkanes of at least 4 members (excludes halogenated alkanes) is 27. The average molecular weight is 974 g/mol. The second-order valence-electron chi connectivity index (χ2n) is 19.5. The van der Waals surface area contributed by atoms with Crippen molar-refractivity contribution in [2.24, 2.45) is 0 Å². The molecular formula is C65H112O5. The molecule has 0 aliphatic carbocycles. The predicted octanol–water partition coefficient (Wildman–Crippen LogP) is 20.6. The molecule has 0 amide bonds.